The van der Waals surface area contributed by atoms with Crippen LogP contribution in [-0.4, -0.2) is 82.3 Å². The van der Waals surface area contributed by atoms with Gasteiger partial charge in [0.15, 0.2) is 12.4 Å². The Hall–Kier alpha value is -3.79. The van der Waals surface area contributed by atoms with Crippen LogP contribution in [0.4, 0.5) is 0 Å². The van der Waals surface area contributed by atoms with Crippen LogP contribution in [0.1, 0.15) is 361 Å². The summed E-state index contributed by atoms with van der Waals surface area (Å²) in [5, 5.41) is 11.8. The first-order valence-corrected chi connectivity index (χ1v) is 39.4. The number of unbranched alkanes of at least 4 members (excludes halogenated alkanes) is 42. The standard InChI is InChI=1S/C84H149NO8/c1-6-8-10-12-14-16-18-20-22-24-26-28-30-32-34-36-37-38-39-40-41-42-43-44-45-47-48-50-52-54-56-58-60-62-64-66-68-70-72-74-81(86)91-78-80(79-92-84(83(88)89)90-77-76-85(3,4)5)93-82(87)75-73-71-69-67-65-63-61-59-57-55-53-51-49-46-35-33-31-29-27-25-23-21-19-17-15-13-11-9-7-2/h9,11,15,17,21,23,27,29,33,35,49,51,55,57,61,63,80,84H,6-8,10,12-14,16,18-20,22,24-26,28,30-32,34,36-48,50,52-54,56,58-60,62,64-79H2,1-5H3/b11-9-,17-15-,23-21-,29-27-,35-33-,51-49-,57-55-,63-61-. The van der Waals surface area contributed by atoms with Crippen LogP contribution in [0, 0.1) is 0 Å². The summed E-state index contributed by atoms with van der Waals surface area (Å²) < 4.78 is 22.8. The van der Waals surface area contributed by atoms with Gasteiger partial charge in [0.05, 0.1) is 40.3 Å². The molecule has 0 radical (unpaired) electrons. The Labute approximate surface area is 575 Å². The number of rotatable bonds is 73. The molecule has 0 rings (SSSR count). The zero-order valence-electron chi connectivity index (χ0n) is 61.6. The maximum atomic E-state index is 12.9. The average molecular weight is 1300 g/mol. The van der Waals surface area contributed by atoms with Gasteiger partial charge in [-0.05, 0) is 77.0 Å². The molecule has 0 amide bonds. The lowest BCUT2D eigenvalue weighted by atomic mass is 10.0. The minimum atomic E-state index is -1.63. The number of nitrogens with zero attached hydrogens (tertiary/aromatic N) is 1. The summed E-state index contributed by atoms with van der Waals surface area (Å²) in [7, 11) is 5.93. The smallest absolute Gasteiger partial charge is 0.306 e. The van der Waals surface area contributed by atoms with Gasteiger partial charge in [-0.25, -0.2) is 0 Å². The number of esters is 2. The van der Waals surface area contributed by atoms with Crippen LogP contribution >= 0.6 is 0 Å². The van der Waals surface area contributed by atoms with Crippen molar-refractivity contribution in [2.75, 3.05) is 47.5 Å². The lowest BCUT2D eigenvalue weighted by molar-refractivity contribution is -0.870. The fourth-order valence-corrected chi connectivity index (χ4v) is 11.4. The molecule has 0 aromatic heterocycles. The van der Waals surface area contributed by atoms with Crippen molar-refractivity contribution < 1.29 is 42.9 Å². The van der Waals surface area contributed by atoms with E-state index in [1.165, 1.54) is 231 Å². The van der Waals surface area contributed by atoms with Gasteiger partial charge in [-0.2, -0.15) is 0 Å². The molecule has 0 aliphatic heterocycles. The summed E-state index contributed by atoms with van der Waals surface area (Å²) in [5.41, 5.74) is 0. The van der Waals surface area contributed by atoms with Gasteiger partial charge in [-0.15, -0.1) is 0 Å². The molecule has 0 saturated heterocycles. The van der Waals surface area contributed by atoms with Crippen LogP contribution in [-0.2, 0) is 33.3 Å². The number of aliphatic carboxylic acids is 1. The van der Waals surface area contributed by atoms with Crippen molar-refractivity contribution in [1.82, 2.24) is 0 Å². The largest absolute Gasteiger partial charge is 0.545 e. The number of quaternary nitrogens is 1. The second-order valence-electron chi connectivity index (χ2n) is 27.6. The number of hydrogen-bond donors (Lipinski definition) is 0. The number of carboxylic acid groups (broad SMARTS) is 1. The van der Waals surface area contributed by atoms with Gasteiger partial charge in [-0.1, -0.05) is 368 Å². The van der Waals surface area contributed by atoms with E-state index in [0.29, 0.717) is 17.4 Å². The Kier molecular flexibility index (Phi) is 71.0. The molecule has 93 heavy (non-hydrogen) atoms. The highest BCUT2D eigenvalue weighted by Gasteiger charge is 2.22. The number of carbonyl (C=O) groups is 3. The summed E-state index contributed by atoms with van der Waals surface area (Å²) in [6, 6.07) is 0. The van der Waals surface area contributed by atoms with E-state index in [1.807, 2.05) is 21.1 Å². The van der Waals surface area contributed by atoms with Crippen LogP contribution in [0.25, 0.3) is 0 Å². The molecule has 0 N–H and O–H groups in total. The SMILES string of the molecule is CC/C=C\C/C=C\C/C=C\C/C=C\C/C=C\C/C=C\C/C=C\C/C=C\CCCCCCC(=O)OC(COC(=O)CCCCCCCCCCCCCCCCCCCCCCCCCCCCCCCCCCCCCCCCC)COC(OCC[N+](C)(C)C)C(=O)[O-]. The van der Waals surface area contributed by atoms with E-state index in [2.05, 4.69) is 111 Å². The molecule has 0 heterocycles. The molecule has 0 aromatic rings. The molecule has 9 nitrogen and oxygen atoms in total. The van der Waals surface area contributed by atoms with Gasteiger partial charge in [0.1, 0.15) is 13.2 Å². The van der Waals surface area contributed by atoms with E-state index >= 15 is 0 Å². The first kappa shape index (κ1) is 89.2. The minimum Gasteiger partial charge on any atom is -0.545 e. The molecule has 2 atom stereocenters. The van der Waals surface area contributed by atoms with Crippen molar-refractivity contribution in [3.63, 3.8) is 0 Å². The molecule has 2 unspecified atom stereocenters. The normalized spacial score (nSPS) is 13.2. The van der Waals surface area contributed by atoms with E-state index in [4.69, 9.17) is 18.9 Å². The summed E-state index contributed by atoms with van der Waals surface area (Å²) in [6.07, 6.45) is 99.7. The van der Waals surface area contributed by atoms with E-state index in [-0.39, 0.29) is 38.6 Å². The zero-order chi connectivity index (χ0) is 67.5. The molecular formula is C84H149NO8. The maximum absolute atomic E-state index is 12.9. The third kappa shape index (κ3) is 75.5. The highest BCUT2D eigenvalue weighted by atomic mass is 16.7. The summed E-state index contributed by atoms with van der Waals surface area (Å²) in [6.45, 7) is 4.64. The molecule has 0 aliphatic rings. The highest BCUT2D eigenvalue weighted by Crippen LogP contribution is 2.19. The predicted octanol–water partition coefficient (Wildman–Crippen LogP) is 23.8. The molecule has 9 heteroatoms. The quantitative estimate of drug-likeness (QED) is 0.0195. The summed E-state index contributed by atoms with van der Waals surface area (Å²) in [4.78, 5) is 37.6. The van der Waals surface area contributed by atoms with E-state index in [9.17, 15) is 19.5 Å². The number of likely N-dealkylation sites (N-methyl/N-ethyl adjacent to an activating group) is 1. The molecule has 0 aromatic carbocycles. The van der Waals surface area contributed by atoms with E-state index in [1.54, 1.807) is 0 Å². The van der Waals surface area contributed by atoms with Gasteiger partial charge in [0.25, 0.3) is 0 Å². The molecule has 0 saturated carbocycles. The Morgan fingerprint density at radius 3 is 0.914 bits per heavy atom. The predicted molar refractivity (Wildman–Crippen MR) is 398 cm³/mol. The maximum Gasteiger partial charge on any atom is 0.306 e. The summed E-state index contributed by atoms with van der Waals surface area (Å²) in [5.74, 6) is -2.31. The van der Waals surface area contributed by atoms with Crippen molar-refractivity contribution in [3.05, 3.63) is 97.2 Å². The van der Waals surface area contributed by atoms with Crippen molar-refractivity contribution in [3.8, 4) is 0 Å². The third-order valence-corrected chi connectivity index (χ3v) is 17.3. The lowest BCUT2D eigenvalue weighted by Gasteiger charge is -2.26. The van der Waals surface area contributed by atoms with Gasteiger partial charge < -0.3 is 33.3 Å². The van der Waals surface area contributed by atoms with Crippen LogP contribution in [0.5, 0.6) is 0 Å². The first-order chi connectivity index (χ1) is 45.6. The summed E-state index contributed by atoms with van der Waals surface area (Å²) >= 11 is 0. The Balaban J connectivity index is 4.04. The molecule has 0 spiro atoms. The fraction of sp³-hybridized carbons (Fsp3) is 0.774. The number of carbonyl (C=O) groups excluding carboxylic acids is 3. The number of allylic oxidation sites excluding steroid dienone is 16. The second-order valence-corrected chi connectivity index (χ2v) is 27.6. The lowest BCUT2D eigenvalue weighted by Crippen LogP contribution is -2.44. The molecular weight excluding hydrogens is 1150 g/mol. The Morgan fingerprint density at radius 1 is 0.333 bits per heavy atom. The highest BCUT2D eigenvalue weighted by molar-refractivity contribution is 5.70. The van der Waals surface area contributed by atoms with Gasteiger partial charge in [0, 0.05) is 12.8 Å². The van der Waals surface area contributed by atoms with Crippen LogP contribution < -0.4 is 5.11 Å². The monoisotopic (exact) mass is 1300 g/mol. The van der Waals surface area contributed by atoms with Gasteiger partial charge in [-0.3, -0.25) is 9.59 Å². The van der Waals surface area contributed by atoms with E-state index in [0.717, 1.165) is 96.3 Å². The van der Waals surface area contributed by atoms with Gasteiger partial charge >= 0.3 is 11.9 Å². The van der Waals surface area contributed by atoms with Crippen molar-refractivity contribution in [2.24, 2.45) is 0 Å². The topological polar surface area (TPSA) is 111 Å². The first-order valence-electron chi connectivity index (χ1n) is 39.4. The van der Waals surface area contributed by atoms with Crippen LogP contribution in [0.15, 0.2) is 97.2 Å². The number of hydrogen-bond acceptors (Lipinski definition) is 8. The van der Waals surface area contributed by atoms with Gasteiger partial charge in [0.2, 0.25) is 0 Å². The Morgan fingerprint density at radius 2 is 0.613 bits per heavy atom. The average Bonchev–Trinajstić information content (AvgIpc) is 3.74. The van der Waals surface area contributed by atoms with Crippen molar-refractivity contribution >= 4 is 17.9 Å². The second kappa shape index (κ2) is 74.0. The van der Waals surface area contributed by atoms with E-state index < -0.39 is 24.3 Å². The molecule has 0 aliphatic carbocycles. The zero-order valence-corrected chi connectivity index (χ0v) is 61.6. The van der Waals surface area contributed by atoms with Crippen molar-refractivity contribution in [2.45, 2.75) is 373 Å². The molecule has 538 valence electrons. The fourth-order valence-electron chi connectivity index (χ4n) is 11.4. The van der Waals surface area contributed by atoms with Crippen LogP contribution in [0.3, 0.4) is 0 Å². The number of ether oxygens (including phenoxy) is 4. The van der Waals surface area contributed by atoms with Crippen molar-refractivity contribution in [1.29, 1.82) is 0 Å². The minimum absolute atomic E-state index is 0.139. The van der Waals surface area contributed by atoms with Crippen LogP contribution in [0.2, 0.25) is 0 Å². The Bertz CT molecular complexity index is 1850. The number of carboxylic acids is 1. The molecule has 0 fully saturated rings. The third-order valence-electron chi connectivity index (χ3n) is 17.3. The molecule has 0 bridgehead atoms.